The van der Waals surface area contributed by atoms with Gasteiger partial charge in [0.2, 0.25) is 5.91 Å². The zero-order chi connectivity index (χ0) is 13.8. The van der Waals surface area contributed by atoms with Crippen molar-refractivity contribution < 1.29 is 4.79 Å². The molecule has 0 bridgehead atoms. The molecule has 0 aromatic rings. The lowest BCUT2D eigenvalue weighted by atomic mass is 9.86. The highest BCUT2D eigenvalue weighted by Gasteiger charge is 2.36. The molecule has 1 aliphatic rings. The van der Waals surface area contributed by atoms with Crippen LogP contribution >= 0.6 is 0 Å². The summed E-state index contributed by atoms with van der Waals surface area (Å²) >= 11 is 0. The van der Waals surface area contributed by atoms with Crippen molar-refractivity contribution in [2.24, 2.45) is 11.3 Å². The second kappa shape index (κ2) is 6.19. The standard InChI is InChI=1S/C14H25N3O/c1-5-14(2,11-15)13(18)17-8-6-12(7-9-17)10-16(3)4/h12H,5-10H2,1-4H3. The summed E-state index contributed by atoms with van der Waals surface area (Å²) in [5.41, 5.74) is -0.839. The van der Waals surface area contributed by atoms with Crippen LogP contribution in [-0.2, 0) is 4.79 Å². The molecule has 0 N–H and O–H groups in total. The van der Waals surface area contributed by atoms with Gasteiger partial charge in [-0.3, -0.25) is 4.79 Å². The molecule has 102 valence electrons. The van der Waals surface area contributed by atoms with E-state index in [1.54, 1.807) is 6.92 Å². The number of hydrogen-bond donors (Lipinski definition) is 0. The molecule has 0 aliphatic carbocycles. The Morgan fingerprint density at radius 1 is 1.44 bits per heavy atom. The van der Waals surface area contributed by atoms with Gasteiger partial charge >= 0.3 is 0 Å². The molecule has 0 saturated carbocycles. The monoisotopic (exact) mass is 251 g/mol. The second-order valence-corrected chi connectivity index (χ2v) is 5.80. The quantitative estimate of drug-likeness (QED) is 0.764. The predicted molar refractivity (Wildman–Crippen MR) is 71.9 cm³/mol. The number of hydrogen-bond acceptors (Lipinski definition) is 3. The third-order valence-electron chi connectivity index (χ3n) is 3.95. The molecule has 4 heteroatoms. The van der Waals surface area contributed by atoms with E-state index in [-0.39, 0.29) is 5.91 Å². The minimum Gasteiger partial charge on any atom is -0.341 e. The van der Waals surface area contributed by atoms with E-state index in [0.717, 1.165) is 32.5 Å². The fraction of sp³-hybridized carbons (Fsp3) is 0.857. The lowest BCUT2D eigenvalue weighted by Gasteiger charge is -2.36. The van der Waals surface area contributed by atoms with E-state index in [0.29, 0.717) is 12.3 Å². The summed E-state index contributed by atoms with van der Waals surface area (Å²) in [5.74, 6) is 0.690. The molecule has 1 unspecified atom stereocenters. The third kappa shape index (κ3) is 3.46. The molecular formula is C14H25N3O. The van der Waals surface area contributed by atoms with E-state index in [1.807, 2.05) is 11.8 Å². The molecule has 0 aromatic carbocycles. The molecule has 0 radical (unpaired) electrons. The number of piperidine rings is 1. The molecule has 1 rings (SSSR count). The van der Waals surface area contributed by atoms with Crippen LogP contribution in [0.3, 0.4) is 0 Å². The number of likely N-dealkylation sites (tertiary alicyclic amines) is 1. The normalized spacial score (nSPS) is 20.6. The number of carbonyl (C=O) groups is 1. The minimum atomic E-state index is -0.839. The summed E-state index contributed by atoms with van der Waals surface area (Å²) in [6, 6.07) is 2.17. The van der Waals surface area contributed by atoms with Crippen LogP contribution in [0.25, 0.3) is 0 Å². The largest absolute Gasteiger partial charge is 0.341 e. The van der Waals surface area contributed by atoms with Crippen LogP contribution in [-0.4, -0.2) is 49.4 Å². The first-order valence-electron chi connectivity index (χ1n) is 6.78. The van der Waals surface area contributed by atoms with Gasteiger partial charge in [0.25, 0.3) is 0 Å². The first-order chi connectivity index (χ1) is 8.42. The van der Waals surface area contributed by atoms with Gasteiger partial charge in [0.1, 0.15) is 5.41 Å². The SMILES string of the molecule is CCC(C)(C#N)C(=O)N1CCC(CN(C)C)CC1. The Bertz CT molecular complexity index is 326. The van der Waals surface area contributed by atoms with Gasteiger partial charge in [0.15, 0.2) is 0 Å². The summed E-state index contributed by atoms with van der Waals surface area (Å²) in [6.45, 7) is 6.34. The fourth-order valence-electron chi connectivity index (χ4n) is 2.46. The molecule has 1 atom stereocenters. The highest BCUT2D eigenvalue weighted by atomic mass is 16.2. The van der Waals surface area contributed by atoms with Gasteiger partial charge < -0.3 is 9.80 Å². The third-order valence-corrected chi connectivity index (χ3v) is 3.95. The van der Waals surface area contributed by atoms with E-state index in [9.17, 15) is 4.79 Å². The summed E-state index contributed by atoms with van der Waals surface area (Å²) < 4.78 is 0. The average Bonchev–Trinajstić information content (AvgIpc) is 2.37. The van der Waals surface area contributed by atoms with Gasteiger partial charge in [-0.15, -0.1) is 0 Å². The molecule has 1 saturated heterocycles. The van der Waals surface area contributed by atoms with Gasteiger partial charge in [-0.05, 0) is 46.2 Å². The van der Waals surface area contributed by atoms with Crippen molar-refractivity contribution in [3.05, 3.63) is 0 Å². The summed E-state index contributed by atoms with van der Waals surface area (Å²) in [7, 11) is 4.17. The topological polar surface area (TPSA) is 47.3 Å². The van der Waals surface area contributed by atoms with Crippen LogP contribution < -0.4 is 0 Å². The molecule has 0 spiro atoms. The molecule has 0 aromatic heterocycles. The van der Waals surface area contributed by atoms with E-state index in [2.05, 4.69) is 25.1 Å². The molecule has 1 amide bonds. The first-order valence-corrected chi connectivity index (χ1v) is 6.78. The summed E-state index contributed by atoms with van der Waals surface area (Å²) in [4.78, 5) is 16.4. The fourth-order valence-corrected chi connectivity index (χ4v) is 2.46. The van der Waals surface area contributed by atoms with Crippen molar-refractivity contribution in [1.82, 2.24) is 9.80 Å². The van der Waals surface area contributed by atoms with E-state index < -0.39 is 5.41 Å². The Morgan fingerprint density at radius 2 is 2.00 bits per heavy atom. The summed E-state index contributed by atoms with van der Waals surface area (Å²) in [6.07, 6.45) is 2.68. The predicted octanol–water partition coefficient (Wildman–Crippen LogP) is 1.73. The van der Waals surface area contributed by atoms with Gasteiger partial charge in [-0.25, -0.2) is 0 Å². The smallest absolute Gasteiger partial charge is 0.242 e. The molecule has 1 heterocycles. The van der Waals surface area contributed by atoms with Crippen LogP contribution in [0.2, 0.25) is 0 Å². The maximum absolute atomic E-state index is 12.3. The Labute approximate surface area is 111 Å². The van der Waals surface area contributed by atoms with Crippen LogP contribution in [0.1, 0.15) is 33.1 Å². The molecule has 18 heavy (non-hydrogen) atoms. The first kappa shape index (κ1) is 15.0. The van der Waals surface area contributed by atoms with Crippen molar-refractivity contribution in [2.75, 3.05) is 33.7 Å². The highest BCUT2D eigenvalue weighted by molar-refractivity contribution is 5.85. The summed E-state index contributed by atoms with van der Waals surface area (Å²) in [5, 5.41) is 9.15. The highest BCUT2D eigenvalue weighted by Crippen LogP contribution is 2.26. The average molecular weight is 251 g/mol. The number of rotatable bonds is 4. The van der Waals surface area contributed by atoms with Crippen molar-refractivity contribution in [1.29, 1.82) is 5.26 Å². The zero-order valence-corrected chi connectivity index (χ0v) is 12.1. The van der Waals surface area contributed by atoms with Gasteiger partial charge in [-0.2, -0.15) is 5.26 Å². The Balaban J connectivity index is 2.53. The lowest BCUT2D eigenvalue weighted by Crippen LogP contribution is -2.46. The van der Waals surface area contributed by atoms with Crippen LogP contribution in [0.4, 0.5) is 0 Å². The van der Waals surface area contributed by atoms with E-state index in [1.165, 1.54) is 0 Å². The van der Waals surface area contributed by atoms with Crippen LogP contribution in [0.5, 0.6) is 0 Å². The number of carbonyl (C=O) groups excluding carboxylic acids is 1. The second-order valence-electron chi connectivity index (χ2n) is 5.80. The maximum atomic E-state index is 12.3. The molecule has 1 aliphatic heterocycles. The molecular weight excluding hydrogens is 226 g/mol. The van der Waals surface area contributed by atoms with E-state index >= 15 is 0 Å². The van der Waals surface area contributed by atoms with Crippen molar-refractivity contribution in [3.8, 4) is 6.07 Å². The van der Waals surface area contributed by atoms with Gasteiger partial charge in [-0.1, -0.05) is 6.92 Å². The lowest BCUT2D eigenvalue weighted by molar-refractivity contribution is -0.140. The Morgan fingerprint density at radius 3 is 2.39 bits per heavy atom. The van der Waals surface area contributed by atoms with Crippen LogP contribution in [0.15, 0.2) is 0 Å². The van der Waals surface area contributed by atoms with Gasteiger partial charge in [0.05, 0.1) is 6.07 Å². The van der Waals surface area contributed by atoms with E-state index in [4.69, 9.17) is 5.26 Å². The number of nitriles is 1. The van der Waals surface area contributed by atoms with Crippen molar-refractivity contribution in [2.45, 2.75) is 33.1 Å². The number of nitrogens with zero attached hydrogens (tertiary/aromatic N) is 3. The van der Waals surface area contributed by atoms with Crippen molar-refractivity contribution in [3.63, 3.8) is 0 Å². The van der Waals surface area contributed by atoms with Crippen molar-refractivity contribution >= 4 is 5.91 Å². The minimum absolute atomic E-state index is 0.0100. The zero-order valence-electron chi connectivity index (χ0n) is 12.1. The van der Waals surface area contributed by atoms with Gasteiger partial charge in [0, 0.05) is 19.6 Å². The Hall–Kier alpha value is -1.08. The number of amides is 1. The molecule has 4 nitrogen and oxygen atoms in total. The maximum Gasteiger partial charge on any atom is 0.242 e. The molecule has 1 fully saturated rings. The Kier molecular flexibility index (Phi) is 5.15. The van der Waals surface area contributed by atoms with Crippen LogP contribution in [0, 0.1) is 22.7 Å².